The number of fused-ring (bicyclic) bond motifs is 1. The fraction of sp³-hybridized carbons (Fsp3) is 0.0952. The summed E-state index contributed by atoms with van der Waals surface area (Å²) in [5.74, 6) is -0.544. The number of benzene rings is 2. The van der Waals surface area contributed by atoms with Crippen molar-refractivity contribution in [3.63, 3.8) is 0 Å². The van der Waals surface area contributed by atoms with Crippen LogP contribution in [0, 0.1) is 5.82 Å². The summed E-state index contributed by atoms with van der Waals surface area (Å²) in [5, 5.41) is 8.05. The van der Waals surface area contributed by atoms with E-state index in [2.05, 4.69) is 15.4 Å². The molecule has 0 spiro atoms. The monoisotopic (exact) mass is 360 g/mol. The van der Waals surface area contributed by atoms with Crippen molar-refractivity contribution in [2.24, 2.45) is 0 Å². The molecule has 4 aromatic rings. The van der Waals surface area contributed by atoms with E-state index in [-0.39, 0.29) is 11.7 Å². The zero-order valence-corrected chi connectivity index (χ0v) is 14.5. The highest BCUT2D eigenvalue weighted by atomic mass is 19.1. The van der Waals surface area contributed by atoms with E-state index >= 15 is 0 Å². The van der Waals surface area contributed by atoms with Gasteiger partial charge in [0.1, 0.15) is 5.82 Å². The van der Waals surface area contributed by atoms with E-state index in [1.807, 2.05) is 36.4 Å². The average Bonchev–Trinajstić information content (AvgIpc) is 3.07. The summed E-state index contributed by atoms with van der Waals surface area (Å²) in [4.78, 5) is 17.0. The molecule has 0 saturated carbocycles. The lowest BCUT2D eigenvalue weighted by Crippen LogP contribution is -2.23. The first-order chi connectivity index (χ1) is 13.2. The molecule has 0 aliphatic rings. The molecule has 6 heteroatoms. The molecule has 27 heavy (non-hydrogen) atoms. The first kappa shape index (κ1) is 16.9. The Kier molecular flexibility index (Phi) is 4.61. The third-order valence-electron chi connectivity index (χ3n) is 4.26. The molecule has 4 rings (SSSR count). The summed E-state index contributed by atoms with van der Waals surface area (Å²) in [7, 11) is 0. The maximum absolute atomic E-state index is 13.1. The van der Waals surface area contributed by atoms with Crippen molar-refractivity contribution in [1.29, 1.82) is 0 Å². The predicted octanol–water partition coefficient (Wildman–Crippen LogP) is 3.55. The lowest BCUT2D eigenvalue weighted by Gasteiger charge is -2.04. The van der Waals surface area contributed by atoms with Gasteiger partial charge in [-0.3, -0.25) is 4.79 Å². The minimum absolute atomic E-state index is 0.255. The van der Waals surface area contributed by atoms with Crippen LogP contribution < -0.4 is 5.32 Å². The molecule has 1 N–H and O–H groups in total. The minimum atomic E-state index is -0.289. The quantitative estimate of drug-likeness (QED) is 0.592. The molecule has 0 bridgehead atoms. The summed E-state index contributed by atoms with van der Waals surface area (Å²) in [5.41, 5.74) is 2.84. The Hall–Kier alpha value is -3.54. The molecular weight excluding hydrogens is 343 g/mol. The molecule has 2 aromatic heterocycles. The van der Waals surface area contributed by atoms with Crippen molar-refractivity contribution in [3.05, 3.63) is 95.6 Å². The first-order valence-electron chi connectivity index (χ1n) is 8.59. The van der Waals surface area contributed by atoms with E-state index in [1.165, 1.54) is 12.1 Å². The zero-order valence-electron chi connectivity index (χ0n) is 14.5. The van der Waals surface area contributed by atoms with Crippen LogP contribution in [-0.4, -0.2) is 20.7 Å². The Morgan fingerprint density at radius 1 is 0.963 bits per heavy atom. The van der Waals surface area contributed by atoms with E-state index in [0.29, 0.717) is 29.8 Å². The normalized spacial score (nSPS) is 10.9. The minimum Gasteiger partial charge on any atom is -0.347 e. The van der Waals surface area contributed by atoms with Gasteiger partial charge in [0.2, 0.25) is 0 Å². The number of hydrogen-bond acceptors (Lipinski definition) is 3. The largest absolute Gasteiger partial charge is 0.347 e. The van der Waals surface area contributed by atoms with Crippen LogP contribution in [0.3, 0.4) is 0 Å². The van der Waals surface area contributed by atoms with Crippen molar-refractivity contribution < 1.29 is 9.18 Å². The topological polar surface area (TPSA) is 59.8 Å². The number of nitrogens with one attached hydrogen (secondary N) is 1. The third kappa shape index (κ3) is 3.69. The van der Waals surface area contributed by atoms with Gasteiger partial charge in [0.05, 0.1) is 11.9 Å². The van der Waals surface area contributed by atoms with Crippen LogP contribution in [0.5, 0.6) is 0 Å². The predicted molar refractivity (Wildman–Crippen MR) is 101 cm³/mol. The molecule has 5 nitrogen and oxygen atoms in total. The molecule has 2 aromatic carbocycles. The molecule has 0 saturated heterocycles. The van der Waals surface area contributed by atoms with Crippen molar-refractivity contribution >= 4 is 16.9 Å². The van der Waals surface area contributed by atoms with E-state index in [0.717, 1.165) is 11.1 Å². The number of rotatable bonds is 5. The second-order valence-electron chi connectivity index (χ2n) is 6.18. The number of carbonyl (C=O) groups excluding carboxylic acids is 1. The lowest BCUT2D eigenvalue weighted by atomic mass is 10.2. The van der Waals surface area contributed by atoms with Crippen LogP contribution in [0.25, 0.3) is 11.0 Å². The Morgan fingerprint density at radius 3 is 2.52 bits per heavy atom. The van der Waals surface area contributed by atoms with E-state index < -0.39 is 0 Å². The molecule has 0 atom stereocenters. The summed E-state index contributed by atoms with van der Waals surface area (Å²) in [6.45, 7) is 0.825. The molecule has 2 heterocycles. The maximum Gasteiger partial charge on any atom is 0.272 e. The van der Waals surface area contributed by atoms with E-state index in [4.69, 9.17) is 0 Å². The lowest BCUT2D eigenvalue weighted by molar-refractivity contribution is 0.0946. The smallest absolute Gasteiger partial charge is 0.272 e. The van der Waals surface area contributed by atoms with Gasteiger partial charge in [0.25, 0.3) is 5.91 Å². The summed E-state index contributed by atoms with van der Waals surface area (Å²) in [6, 6.07) is 19.5. The van der Waals surface area contributed by atoms with Gasteiger partial charge in [0, 0.05) is 12.7 Å². The molecule has 0 aliphatic heterocycles. The fourth-order valence-electron chi connectivity index (χ4n) is 2.91. The molecule has 0 fully saturated rings. The number of nitrogens with zero attached hydrogens (tertiary/aromatic N) is 3. The SMILES string of the molecule is O=C(NCc1ccccc1)c1nn(Cc2ccc(F)cc2)c2ncccc12. The second kappa shape index (κ2) is 7.37. The van der Waals surface area contributed by atoms with Crippen LogP contribution in [0.1, 0.15) is 21.6 Å². The van der Waals surface area contributed by atoms with Crippen molar-refractivity contribution in [2.75, 3.05) is 0 Å². The van der Waals surface area contributed by atoms with Gasteiger partial charge >= 0.3 is 0 Å². The molecule has 0 aliphatic carbocycles. The van der Waals surface area contributed by atoms with Gasteiger partial charge in [0.15, 0.2) is 11.3 Å². The number of aromatic nitrogens is 3. The van der Waals surface area contributed by atoms with Gasteiger partial charge in [-0.25, -0.2) is 14.1 Å². The number of hydrogen-bond donors (Lipinski definition) is 1. The highest BCUT2D eigenvalue weighted by Crippen LogP contribution is 2.18. The molecule has 134 valence electrons. The maximum atomic E-state index is 13.1. The molecule has 1 amide bonds. The molecule has 0 radical (unpaired) electrons. The highest BCUT2D eigenvalue weighted by Gasteiger charge is 2.18. The number of amides is 1. The van der Waals surface area contributed by atoms with Crippen LogP contribution >= 0.6 is 0 Å². The third-order valence-corrected chi connectivity index (χ3v) is 4.26. The first-order valence-corrected chi connectivity index (χ1v) is 8.59. The van der Waals surface area contributed by atoms with E-state index in [9.17, 15) is 9.18 Å². The average molecular weight is 360 g/mol. The Bertz CT molecular complexity index is 1070. The molecule has 0 unspecified atom stereocenters. The van der Waals surface area contributed by atoms with E-state index in [1.54, 1.807) is 29.1 Å². The van der Waals surface area contributed by atoms with Gasteiger partial charge in [-0.2, -0.15) is 5.10 Å². The highest BCUT2D eigenvalue weighted by molar-refractivity contribution is 6.03. The van der Waals surface area contributed by atoms with Crippen LogP contribution in [0.2, 0.25) is 0 Å². The number of halogens is 1. The Balaban J connectivity index is 1.61. The van der Waals surface area contributed by atoms with Crippen molar-refractivity contribution in [1.82, 2.24) is 20.1 Å². The standard InChI is InChI=1S/C21H17FN4O/c22-17-10-8-16(9-11-17)14-26-20-18(7-4-12-23-20)19(25-26)21(27)24-13-15-5-2-1-3-6-15/h1-12H,13-14H2,(H,24,27). The fourth-order valence-corrected chi connectivity index (χ4v) is 2.91. The Labute approximate surface area is 155 Å². The summed E-state index contributed by atoms with van der Waals surface area (Å²) < 4.78 is 14.8. The van der Waals surface area contributed by atoms with Gasteiger partial charge < -0.3 is 5.32 Å². The number of carbonyl (C=O) groups is 1. The van der Waals surface area contributed by atoms with Gasteiger partial charge in [-0.05, 0) is 35.4 Å². The second-order valence-corrected chi connectivity index (χ2v) is 6.18. The molecular formula is C21H17FN4O. The Morgan fingerprint density at radius 2 is 1.74 bits per heavy atom. The van der Waals surface area contributed by atoms with Crippen LogP contribution in [0.4, 0.5) is 4.39 Å². The number of pyridine rings is 1. The van der Waals surface area contributed by atoms with Crippen LogP contribution in [0.15, 0.2) is 72.9 Å². The zero-order chi connectivity index (χ0) is 18.6. The summed E-state index contributed by atoms with van der Waals surface area (Å²) >= 11 is 0. The van der Waals surface area contributed by atoms with Crippen molar-refractivity contribution in [3.8, 4) is 0 Å². The summed E-state index contributed by atoms with van der Waals surface area (Å²) in [6.07, 6.45) is 1.66. The van der Waals surface area contributed by atoms with Gasteiger partial charge in [-0.15, -0.1) is 0 Å². The van der Waals surface area contributed by atoms with Gasteiger partial charge in [-0.1, -0.05) is 42.5 Å². The van der Waals surface area contributed by atoms with Crippen LogP contribution in [-0.2, 0) is 13.1 Å². The van der Waals surface area contributed by atoms with Crippen molar-refractivity contribution in [2.45, 2.75) is 13.1 Å².